The highest BCUT2D eigenvalue weighted by Crippen LogP contribution is 2.31. The largest absolute Gasteiger partial charge is 0.477 e. The summed E-state index contributed by atoms with van der Waals surface area (Å²) in [5, 5.41) is 15.4. The van der Waals surface area contributed by atoms with E-state index < -0.39 is 5.97 Å². The number of hydrogen-bond acceptors (Lipinski definition) is 4. The van der Waals surface area contributed by atoms with E-state index in [1.807, 2.05) is 4.90 Å². The van der Waals surface area contributed by atoms with Crippen LogP contribution in [0.3, 0.4) is 0 Å². The monoisotopic (exact) mass is 291 g/mol. The summed E-state index contributed by atoms with van der Waals surface area (Å²) in [6, 6.07) is 5.84. The summed E-state index contributed by atoms with van der Waals surface area (Å²) in [4.78, 5) is 12.9. The van der Waals surface area contributed by atoms with E-state index in [0.29, 0.717) is 43.2 Å². The molecule has 0 saturated carbocycles. The number of carboxylic acid groups (broad SMARTS) is 1. The Morgan fingerprint density at radius 3 is 2.76 bits per heavy atom. The molecule has 0 bridgehead atoms. The standard InChI is InChI=1S/C14H14FN3O3/c15-9-1-2-10(11-8-12(14(19)20)17-16-11)13(7-9)18-3-5-21-6-4-18/h1-2,7-8H,3-6H2,(H,16,17)(H,19,20). The number of rotatable bonds is 3. The van der Waals surface area contributed by atoms with Crippen molar-refractivity contribution in [3.05, 3.63) is 35.8 Å². The molecule has 1 aromatic heterocycles. The van der Waals surface area contributed by atoms with E-state index in [9.17, 15) is 9.18 Å². The molecule has 0 spiro atoms. The van der Waals surface area contributed by atoms with Gasteiger partial charge < -0.3 is 14.7 Å². The Balaban J connectivity index is 2.02. The Morgan fingerprint density at radius 1 is 1.33 bits per heavy atom. The highest BCUT2D eigenvalue weighted by atomic mass is 19.1. The number of carbonyl (C=O) groups is 1. The molecule has 0 aliphatic carbocycles. The van der Waals surface area contributed by atoms with Gasteiger partial charge in [-0.05, 0) is 24.3 Å². The highest BCUT2D eigenvalue weighted by molar-refractivity contribution is 5.88. The van der Waals surface area contributed by atoms with Crippen LogP contribution in [-0.2, 0) is 4.74 Å². The first-order valence-corrected chi connectivity index (χ1v) is 6.56. The van der Waals surface area contributed by atoms with E-state index in [4.69, 9.17) is 9.84 Å². The third-order valence-corrected chi connectivity index (χ3v) is 3.40. The number of halogens is 1. The van der Waals surface area contributed by atoms with Crippen LogP contribution in [0, 0.1) is 5.82 Å². The molecule has 2 N–H and O–H groups in total. The van der Waals surface area contributed by atoms with Crippen LogP contribution in [0.25, 0.3) is 11.3 Å². The first-order chi connectivity index (χ1) is 10.1. The van der Waals surface area contributed by atoms with E-state index >= 15 is 0 Å². The summed E-state index contributed by atoms with van der Waals surface area (Å²) in [5.74, 6) is -1.42. The molecule has 1 aliphatic rings. The number of nitrogens with zero attached hydrogens (tertiary/aromatic N) is 2. The van der Waals surface area contributed by atoms with Gasteiger partial charge in [0, 0.05) is 24.3 Å². The minimum Gasteiger partial charge on any atom is -0.477 e. The molecule has 3 rings (SSSR count). The molecule has 0 radical (unpaired) electrons. The topological polar surface area (TPSA) is 78.4 Å². The second-order valence-corrected chi connectivity index (χ2v) is 4.73. The van der Waals surface area contributed by atoms with Gasteiger partial charge >= 0.3 is 5.97 Å². The lowest BCUT2D eigenvalue weighted by molar-refractivity contribution is 0.0690. The summed E-state index contributed by atoms with van der Waals surface area (Å²) < 4.78 is 18.9. The molecule has 7 heteroatoms. The van der Waals surface area contributed by atoms with Gasteiger partial charge in [-0.25, -0.2) is 9.18 Å². The zero-order valence-corrected chi connectivity index (χ0v) is 11.2. The van der Waals surface area contributed by atoms with Crippen molar-refractivity contribution in [1.82, 2.24) is 10.2 Å². The number of H-pyrrole nitrogens is 1. The normalized spacial score (nSPS) is 15.2. The molecule has 0 amide bonds. The smallest absolute Gasteiger partial charge is 0.353 e. The second kappa shape index (κ2) is 5.53. The molecule has 2 aromatic rings. The average molecular weight is 291 g/mol. The van der Waals surface area contributed by atoms with Crippen LogP contribution < -0.4 is 4.90 Å². The number of carboxylic acids is 1. The van der Waals surface area contributed by atoms with Crippen molar-refractivity contribution in [2.75, 3.05) is 31.2 Å². The van der Waals surface area contributed by atoms with Crippen molar-refractivity contribution in [1.29, 1.82) is 0 Å². The SMILES string of the molecule is O=C(O)c1cc(-c2ccc(F)cc2N2CCOCC2)n[nH]1. The number of anilines is 1. The maximum Gasteiger partial charge on any atom is 0.353 e. The Labute approximate surface area is 120 Å². The number of morpholine rings is 1. The Morgan fingerprint density at radius 2 is 2.10 bits per heavy atom. The van der Waals surface area contributed by atoms with E-state index in [1.165, 1.54) is 18.2 Å². The van der Waals surface area contributed by atoms with Gasteiger partial charge in [0.25, 0.3) is 0 Å². The number of aromatic carboxylic acids is 1. The Bertz CT molecular complexity index is 665. The second-order valence-electron chi connectivity index (χ2n) is 4.73. The van der Waals surface area contributed by atoms with Gasteiger partial charge in [0.1, 0.15) is 11.5 Å². The molecule has 1 saturated heterocycles. The number of ether oxygens (including phenoxy) is 1. The maximum atomic E-state index is 13.6. The third kappa shape index (κ3) is 2.73. The first kappa shape index (κ1) is 13.6. The molecule has 1 aromatic carbocycles. The quantitative estimate of drug-likeness (QED) is 0.900. The van der Waals surface area contributed by atoms with E-state index in [2.05, 4.69) is 10.2 Å². The minimum atomic E-state index is -1.08. The number of benzene rings is 1. The molecular formula is C14H14FN3O3. The van der Waals surface area contributed by atoms with Crippen LogP contribution in [0.15, 0.2) is 24.3 Å². The predicted molar refractivity (Wildman–Crippen MR) is 74.0 cm³/mol. The molecule has 6 nitrogen and oxygen atoms in total. The first-order valence-electron chi connectivity index (χ1n) is 6.56. The number of aromatic nitrogens is 2. The summed E-state index contributed by atoms with van der Waals surface area (Å²) in [6.07, 6.45) is 0. The highest BCUT2D eigenvalue weighted by Gasteiger charge is 2.19. The van der Waals surface area contributed by atoms with E-state index in [0.717, 1.165) is 0 Å². The van der Waals surface area contributed by atoms with E-state index in [1.54, 1.807) is 6.07 Å². The molecule has 1 fully saturated rings. The molecule has 0 atom stereocenters. The zero-order chi connectivity index (χ0) is 14.8. The lowest BCUT2D eigenvalue weighted by Crippen LogP contribution is -2.36. The fourth-order valence-corrected chi connectivity index (χ4v) is 2.36. The Kier molecular flexibility index (Phi) is 3.57. The van der Waals surface area contributed by atoms with Crippen molar-refractivity contribution in [3.63, 3.8) is 0 Å². The number of nitrogens with one attached hydrogen (secondary N) is 1. The van der Waals surface area contributed by atoms with Crippen molar-refractivity contribution in [3.8, 4) is 11.3 Å². The van der Waals surface area contributed by atoms with Crippen LogP contribution in [0.4, 0.5) is 10.1 Å². The van der Waals surface area contributed by atoms with Gasteiger partial charge in [-0.15, -0.1) is 0 Å². The predicted octanol–water partition coefficient (Wildman–Crippen LogP) is 1.75. The van der Waals surface area contributed by atoms with Gasteiger partial charge in [0.2, 0.25) is 0 Å². The fourth-order valence-electron chi connectivity index (χ4n) is 2.36. The third-order valence-electron chi connectivity index (χ3n) is 3.40. The van der Waals surface area contributed by atoms with Crippen LogP contribution in [0.2, 0.25) is 0 Å². The average Bonchev–Trinajstić information content (AvgIpc) is 2.98. The summed E-state index contributed by atoms with van der Waals surface area (Å²) in [6.45, 7) is 2.48. The van der Waals surface area contributed by atoms with Crippen molar-refractivity contribution >= 4 is 11.7 Å². The Hall–Kier alpha value is -2.41. The molecule has 110 valence electrons. The van der Waals surface area contributed by atoms with Crippen molar-refractivity contribution in [2.45, 2.75) is 0 Å². The number of hydrogen-bond donors (Lipinski definition) is 2. The lowest BCUT2D eigenvalue weighted by atomic mass is 10.1. The minimum absolute atomic E-state index is 0.00209. The van der Waals surface area contributed by atoms with Crippen LogP contribution >= 0.6 is 0 Å². The lowest BCUT2D eigenvalue weighted by Gasteiger charge is -2.30. The fraction of sp³-hybridized carbons (Fsp3) is 0.286. The maximum absolute atomic E-state index is 13.6. The summed E-state index contributed by atoms with van der Waals surface area (Å²) >= 11 is 0. The molecule has 1 aliphatic heterocycles. The molecule has 21 heavy (non-hydrogen) atoms. The summed E-state index contributed by atoms with van der Waals surface area (Å²) in [7, 11) is 0. The molecule has 2 heterocycles. The van der Waals surface area contributed by atoms with E-state index in [-0.39, 0.29) is 11.5 Å². The van der Waals surface area contributed by atoms with Gasteiger partial charge in [0.15, 0.2) is 0 Å². The van der Waals surface area contributed by atoms with Gasteiger partial charge in [-0.2, -0.15) is 5.10 Å². The zero-order valence-electron chi connectivity index (χ0n) is 11.2. The van der Waals surface area contributed by atoms with Gasteiger partial charge in [-0.3, -0.25) is 5.10 Å². The van der Waals surface area contributed by atoms with Crippen molar-refractivity contribution < 1.29 is 19.0 Å². The number of aromatic amines is 1. The van der Waals surface area contributed by atoms with Crippen LogP contribution in [0.5, 0.6) is 0 Å². The molecule has 0 unspecified atom stereocenters. The van der Waals surface area contributed by atoms with Gasteiger partial charge in [0.05, 0.1) is 18.9 Å². The van der Waals surface area contributed by atoms with Crippen LogP contribution in [0.1, 0.15) is 10.5 Å². The van der Waals surface area contributed by atoms with Crippen LogP contribution in [-0.4, -0.2) is 47.6 Å². The van der Waals surface area contributed by atoms with Gasteiger partial charge in [-0.1, -0.05) is 0 Å². The van der Waals surface area contributed by atoms with Crippen molar-refractivity contribution in [2.24, 2.45) is 0 Å². The summed E-state index contributed by atoms with van der Waals surface area (Å²) in [5.41, 5.74) is 1.87. The molecular weight excluding hydrogens is 277 g/mol.